The first kappa shape index (κ1) is 27.4. The quantitative estimate of drug-likeness (QED) is 0.462. The van der Waals surface area contributed by atoms with E-state index in [0.29, 0.717) is 17.9 Å². The molecule has 4 rings (SSSR count). The molecular formula is C29H39ClN4O3. The Balaban J connectivity index is 1.18. The molecule has 0 spiro atoms. The van der Waals surface area contributed by atoms with Gasteiger partial charge in [-0.25, -0.2) is 0 Å². The van der Waals surface area contributed by atoms with Crippen molar-refractivity contribution in [2.45, 2.75) is 64.3 Å². The van der Waals surface area contributed by atoms with Crippen molar-refractivity contribution in [3.05, 3.63) is 64.7 Å². The normalized spacial score (nSPS) is 20.0. The van der Waals surface area contributed by atoms with Crippen LogP contribution in [0.25, 0.3) is 0 Å². The minimum absolute atomic E-state index is 0.0182. The number of hydrogen-bond acceptors (Lipinski definition) is 5. The SMILES string of the molecule is C[C@@H](CCC(=O)N[C@H]1CCN(Cc2ccc(OC3CCN(Cc4ccccc4)CC3)c(Cl)c2)C1)C(N)=O. The molecule has 2 saturated heterocycles. The van der Waals surface area contributed by atoms with E-state index in [1.807, 2.05) is 12.1 Å². The van der Waals surface area contributed by atoms with Gasteiger partial charge in [-0.1, -0.05) is 54.9 Å². The Bertz CT molecular complexity index is 1040. The average Bonchev–Trinajstić information content (AvgIpc) is 3.32. The summed E-state index contributed by atoms with van der Waals surface area (Å²) in [6.07, 6.45) is 3.89. The number of benzene rings is 2. The highest BCUT2D eigenvalue weighted by molar-refractivity contribution is 6.32. The van der Waals surface area contributed by atoms with Crippen LogP contribution in [0.5, 0.6) is 5.75 Å². The van der Waals surface area contributed by atoms with Crippen molar-refractivity contribution in [1.82, 2.24) is 15.1 Å². The lowest BCUT2D eigenvalue weighted by molar-refractivity contribution is -0.123. The lowest BCUT2D eigenvalue weighted by Crippen LogP contribution is -2.37. The first-order valence-electron chi connectivity index (χ1n) is 13.4. The Kier molecular flexibility index (Phi) is 9.83. The molecule has 2 aromatic rings. The highest BCUT2D eigenvalue weighted by Gasteiger charge is 2.25. The van der Waals surface area contributed by atoms with Crippen molar-refractivity contribution in [3.8, 4) is 5.75 Å². The molecule has 2 fully saturated rings. The second-order valence-electron chi connectivity index (χ2n) is 10.5. The van der Waals surface area contributed by atoms with E-state index in [9.17, 15) is 9.59 Å². The van der Waals surface area contributed by atoms with E-state index in [-0.39, 0.29) is 29.9 Å². The summed E-state index contributed by atoms with van der Waals surface area (Å²) in [6.45, 7) is 7.28. The minimum Gasteiger partial charge on any atom is -0.489 e. The number of primary amides is 1. The van der Waals surface area contributed by atoms with Crippen molar-refractivity contribution >= 4 is 23.4 Å². The third-order valence-electron chi connectivity index (χ3n) is 7.41. The van der Waals surface area contributed by atoms with Crippen molar-refractivity contribution in [1.29, 1.82) is 0 Å². The number of nitrogens with zero attached hydrogens (tertiary/aromatic N) is 2. The topological polar surface area (TPSA) is 87.9 Å². The van der Waals surface area contributed by atoms with Crippen molar-refractivity contribution in [3.63, 3.8) is 0 Å². The van der Waals surface area contributed by atoms with E-state index < -0.39 is 0 Å². The lowest BCUT2D eigenvalue weighted by Gasteiger charge is -2.32. The maximum atomic E-state index is 12.2. The van der Waals surface area contributed by atoms with E-state index in [0.717, 1.165) is 69.8 Å². The summed E-state index contributed by atoms with van der Waals surface area (Å²) >= 11 is 6.61. The van der Waals surface area contributed by atoms with Gasteiger partial charge in [0.25, 0.3) is 0 Å². The summed E-state index contributed by atoms with van der Waals surface area (Å²) < 4.78 is 6.28. The fraction of sp³-hybridized carbons (Fsp3) is 0.517. The molecular weight excluding hydrogens is 488 g/mol. The van der Waals surface area contributed by atoms with Crippen LogP contribution >= 0.6 is 11.6 Å². The van der Waals surface area contributed by atoms with E-state index in [4.69, 9.17) is 22.1 Å². The smallest absolute Gasteiger partial charge is 0.220 e. The molecule has 0 aliphatic carbocycles. The molecule has 0 bridgehead atoms. The molecule has 0 unspecified atom stereocenters. The van der Waals surface area contributed by atoms with E-state index >= 15 is 0 Å². The monoisotopic (exact) mass is 526 g/mol. The third-order valence-corrected chi connectivity index (χ3v) is 7.70. The van der Waals surface area contributed by atoms with Crippen LogP contribution in [-0.2, 0) is 22.7 Å². The van der Waals surface area contributed by atoms with Crippen LogP contribution < -0.4 is 15.8 Å². The number of amides is 2. The zero-order valence-corrected chi connectivity index (χ0v) is 22.5. The molecule has 0 saturated carbocycles. The van der Waals surface area contributed by atoms with E-state index in [2.05, 4.69) is 51.5 Å². The molecule has 37 heavy (non-hydrogen) atoms. The maximum absolute atomic E-state index is 12.2. The number of halogens is 1. The van der Waals surface area contributed by atoms with Gasteiger partial charge >= 0.3 is 0 Å². The molecule has 2 heterocycles. The predicted molar refractivity (Wildman–Crippen MR) is 146 cm³/mol. The molecule has 0 aromatic heterocycles. The van der Waals surface area contributed by atoms with Gasteiger partial charge < -0.3 is 15.8 Å². The van der Waals surface area contributed by atoms with Crippen LogP contribution in [0.2, 0.25) is 5.02 Å². The van der Waals surface area contributed by atoms with Crippen molar-refractivity contribution in [2.24, 2.45) is 11.7 Å². The molecule has 200 valence electrons. The van der Waals surface area contributed by atoms with Crippen LogP contribution in [0, 0.1) is 5.92 Å². The second-order valence-corrected chi connectivity index (χ2v) is 10.9. The van der Waals surface area contributed by atoms with Gasteiger partial charge in [-0.05, 0) is 48.9 Å². The number of hydrogen-bond donors (Lipinski definition) is 2. The minimum atomic E-state index is -0.362. The highest BCUT2D eigenvalue weighted by Crippen LogP contribution is 2.29. The van der Waals surface area contributed by atoms with Gasteiger partial charge in [-0.2, -0.15) is 0 Å². The Labute approximate surface area is 225 Å². The van der Waals surface area contributed by atoms with Gasteiger partial charge in [0.15, 0.2) is 0 Å². The molecule has 2 amide bonds. The summed E-state index contributed by atoms with van der Waals surface area (Å²) in [5.74, 6) is 0.0909. The maximum Gasteiger partial charge on any atom is 0.220 e. The van der Waals surface area contributed by atoms with Crippen molar-refractivity contribution in [2.75, 3.05) is 26.2 Å². The summed E-state index contributed by atoms with van der Waals surface area (Å²) in [5, 5.41) is 3.74. The Morgan fingerprint density at radius 1 is 1.03 bits per heavy atom. The molecule has 2 aliphatic rings. The first-order chi connectivity index (χ1) is 17.9. The third kappa shape index (κ3) is 8.45. The Morgan fingerprint density at radius 3 is 2.43 bits per heavy atom. The van der Waals surface area contributed by atoms with Gasteiger partial charge in [0.2, 0.25) is 11.8 Å². The predicted octanol–water partition coefficient (Wildman–Crippen LogP) is 3.98. The summed E-state index contributed by atoms with van der Waals surface area (Å²) in [4.78, 5) is 28.2. The summed E-state index contributed by atoms with van der Waals surface area (Å²) in [7, 11) is 0. The number of nitrogens with two attached hydrogens (primary N) is 1. The second kappa shape index (κ2) is 13.3. The zero-order valence-electron chi connectivity index (χ0n) is 21.7. The largest absolute Gasteiger partial charge is 0.489 e. The number of likely N-dealkylation sites (tertiary alicyclic amines) is 2. The lowest BCUT2D eigenvalue weighted by atomic mass is 10.0. The first-order valence-corrected chi connectivity index (χ1v) is 13.8. The van der Waals surface area contributed by atoms with Crippen LogP contribution in [0.3, 0.4) is 0 Å². The van der Waals surface area contributed by atoms with Crippen LogP contribution in [-0.4, -0.2) is 59.9 Å². The molecule has 2 atom stereocenters. The fourth-order valence-electron chi connectivity index (χ4n) is 5.09. The summed E-state index contributed by atoms with van der Waals surface area (Å²) in [5.41, 5.74) is 7.76. The molecule has 7 nitrogen and oxygen atoms in total. The Hall–Kier alpha value is -2.61. The van der Waals surface area contributed by atoms with Crippen LogP contribution in [0.15, 0.2) is 48.5 Å². The number of carbonyl (C=O) groups is 2. The molecule has 3 N–H and O–H groups in total. The summed E-state index contributed by atoms with van der Waals surface area (Å²) in [6, 6.07) is 16.8. The van der Waals surface area contributed by atoms with Gasteiger partial charge in [0, 0.05) is 57.6 Å². The van der Waals surface area contributed by atoms with Gasteiger partial charge in [0.1, 0.15) is 11.9 Å². The number of nitrogens with one attached hydrogen (secondary N) is 1. The molecule has 2 aliphatic heterocycles. The number of carbonyl (C=O) groups excluding carboxylic acids is 2. The van der Waals surface area contributed by atoms with E-state index in [1.165, 1.54) is 5.56 Å². The van der Waals surface area contributed by atoms with Crippen molar-refractivity contribution < 1.29 is 14.3 Å². The van der Waals surface area contributed by atoms with E-state index in [1.54, 1.807) is 6.92 Å². The van der Waals surface area contributed by atoms with Gasteiger partial charge in [0.05, 0.1) is 5.02 Å². The van der Waals surface area contributed by atoms with Crippen LogP contribution in [0.1, 0.15) is 50.2 Å². The number of ether oxygens (including phenoxy) is 1. The molecule has 8 heteroatoms. The number of rotatable bonds is 11. The molecule has 2 aromatic carbocycles. The zero-order chi connectivity index (χ0) is 26.2. The van der Waals surface area contributed by atoms with Gasteiger partial charge in [-0.15, -0.1) is 0 Å². The van der Waals surface area contributed by atoms with Crippen LogP contribution in [0.4, 0.5) is 0 Å². The standard InChI is InChI=1S/C29H39ClN4O3/c1-21(29(31)36)7-10-28(35)32-24-11-14-34(20-24)19-23-8-9-27(26(30)17-23)37-25-12-15-33(16-13-25)18-22-5-3-2-4-6-22/h2-6,8-9,17,21,24-25H,7,10-16,18-20H2,1H3,(H2,31,36)(H,32,35)/t21-,24-/m0/s1. The average molecular weight is 527 g/mol. The molecule has 0 radical (unpaired) electrons. The Morgan fingerprint density at radius 2 is 1.73 bits per heavy atom. The number of piperidine rings is 1. The van der Waals surface area contributed by atoms with Gasteiger partial charge in [-0.3, -0.25) is 19.4 Å². The highest BCUT2D eigenvalue weighted by atomic mass is 35.5. The fourth-order valence-corrected chi connectivity index (χ4v) is 5.33.